The standard InChI is InChI=1S/C12H13FN2O2/c1-4-12(2,3)15-8-6-5-7(13)10(14)9(8)11(16)17/h1,5-6,15H,14H2,2-3H3,(H,16,17). The van der Waals surface area contributed by atoms with Crippen LogP contribution in [0.4, 0.5) is 15.8 Å². The maximum Gasteiger partial charge on any atom is 0.340 e. The van der Waals surface area contributed by atoms with Crippen molar-refractivity contribution in [3.8, 4) is 12.3 Å². The lowest BCUT2D eigenvalue weighted by Crippen LogP contribution is -2.29. The van der Waals surface area contributed by atoms with Gasteiger partial charge < -0.3 is 16.2 Å². The quantitative estimate of drug-likeness (QED) is 0.553. The van der Waals surface area contributed by atoms with Crippen molar-refractivity contribution in [3.05, 3.63) is 23.5 Å². The molecule has 17 heavy (non-hydrogen) atoms. The number of nitrogen functional groups attached to an aromatic ring is 1. The third kappa shape index (κ3) is 2.67. The van der Waals surface area contributed by atoms with Crippen LogP contribution in [-0.2, 0) is 0 Å². The van der Waals surface area contributed by atoms with E-state index in [2.05, 4.69) is 11.2 Å². The zero-order chi connectivity index (χ0) is 13.2. The van der Waals surface area contributed by atoms with Crippen LogP contribution in [-0.4, -0.2) is 16.6 Å². The van der Waals surface area contributed by atoms with E-state index in [1.54, 1.807) is 13.8 Å². The first-order valence-corrected chi connectivity index (χ1v) is 4.85. The van der Waals surface area contributed by atoms with Gasteiger partial charge in [0.2, 0.25) is 0 Å². The SMILES string of the molecule is C#CC(C)(C)Nc1ccc(F)c(N)c1C(=O)O. The minimum absolute atomic E-state index is 0.194. The molecular formula is C12H13FN2O2. The van der Waals surface area contributed by atoms with Gasteiger partial charge in [-0.05, 0) is 26.0 Å². The highest BCUT2D eigenvalue weighted by atomic mass is 19.1. The normalized spacial score (nSPS) is 10.7. The first-order chi connectivity index (χ1) is 7.78. The number of benzene rings is 1. The fourth-order valence-electron chi connectivity index (χ4n) is 1.30. The number of anilines is 2. The van der Waals surface area contributed by atoms with E-state index in [-0.39, 0.29) is 11.3 Å². The van der Waals surface area contributed by atoms with Crippen LogP contribution in [0.5, 0.6) is 0 Å². The molecule has 0 aliphatic heterocycles. The minimum atomic E-state index is -1.31. The van der Waals surface area contributed by atoms with Crippen molar-refractivity contribution >= 4 is 17.3 Å². The number of hydrogen-bond acceptors (Lipinski definition) is 3. The highest BCUT2D eigenvalue weighted by Gasteiger charge is 2.21. The molecule has 0 radical (unpaired) electrons. The van der Waals surface area contributed by atoms with Gasteiger partial charge >= 0.3 is 5.97 Å². The van der Waals surface area contributed by atoms with E-state index in [1.807, 2.05) is 0 Å². The Balaban J connectivity index is 3.31. The molecule has 0 aliphatic rings. The molecule has 0 amide bonds. The summed E-state index contributed by atoms with van der Waals surface area (Å²) in [5, 5.41) is 11.8. The number of rotatable bonds is 3. The number of hydrogen-bond donors (Lipinski definition) is 3. The van der Waals surface area contributed by atoms with Crippen molar-refractivity contribution in [2.24, 2.45) is 0 Å². The number of nitrogens with one attached hydrogen (secondary N) is 1. The Kier molecular flexibility index (Phi) is 3.28. The van der Waals surface area contributed by atoms with Crippen LogP contribution < -0.4 is 11.1 Å². The summed E-state index contributed by atoms with van der Waals surface area (Å²) >= 11 is 0. The van der Waals surface area contributed by atoms with Gasteiger partial charge in [0.15, 0.2) is 0 Å². The summed E-state index contributed by atoms with van der Waals surface area (Å²) in [5.74, 6) is 0.372. The molecule has 0 unspecified atom stereocenters. The Hall–Kier alpha value is -2.22. The maximum atomic E-state index is 13.2. The number of halogens is 1. The number of nitrogens with two attached hydrogens (primary N) is 1. The Labute approximate surface area is 98.6 Å². The Morgan fingerprint density at radius 2 is 2.18 bits per heavy atom. The fourth-order valence-corrected chi connectivity index (χ4v) is 1.30. The summed E-state index contributed by atoms with van der Waals surface area (Å²) in [6.45, 7) is 3.39. The lowest BCUT2D eigenvalue weighted by Gasteiger charge is -2.23. The van der Waals surface area contributed by atoms with Gasteiger partial charge in [-0.1, -0.05) is 5.92 Å². The highest BCUT2D eigenvalue weighted by molar-refractivity contribution is 6.00. The van der Waals surface area contributed by atoms with E-state index in [0.717, 1.165) is 6.07 Å². The van der Waals surface area contributed by atoms with Gasteiger partial charge in [0.1, 0.15) is 11.4 Å². The van der Waals surface area contributed by atoms with Gasteiger partial charge in [-0.15, -0.1) is 6.42 Å². The molecule has 4 nitrogen and oxygen atoms in total. The number of carboxylic acid groups (broad SMARTS) is 1. The van der Waals surface area contributed by atoms with Crippen LogP contribution in [0.15, 0.2) is 12.1 Å². The van der Waals surface area contributed by atoms with Gasteiger partial charge in [0, 0.05) is 0 Å². The molecule has 0 spiro atoms. The number of terminal acetylenes is 1. The van der Waals surface area contributed by atoms with Gasteiger partial charge in [0.05, 0.1) is 16.9 Å². The third-order valence-electron chi connectivity index (χ3n) is 2.21. The van der Waals surface area contributed by atoms with E-state index in [1.165, 1.54) is 6.07 Å². The van der Waals surface area contributed by atoms with Crippen molar-refractivity contribution < 1.29 is 14.3 Å². The molecule has 1 rings (SSSR count). The summed E-state index contributed by atoms with van der Waals surface area (Å²) < 4.78 is 13.2. The largest absolute Gasteiger partial charge is 0.478 e. The lowest BCUT2D eigenvalue weighted by molar-refractivity contribution is 0.0698. The van der Waals surface area contributed by atoms with E-state index >= 15 is 0 Å². The van der Waals surface area contributed by atoms with Crippen LogP contribution in [0.3, 0.4) is 0 Å². The third-order valence-corrected chi connectivity index (χ3v) is 2.21. The molecular weight excluding hydrogens is 223 g/mol. The topological polar surface area (TPSA) is 75.3 Å². The smallest absolute Gasteiger partial charge is 0.340 e. The molecule has 0 fully saturated rings. The Morgan fingerprint density at radius 3 is 2.65 bits per heavy atom. The summed E-state index contributed by atoms with van der Waals surface area (Å²) in [4.78, 5) is 11.0. The summed E-state index contributed by atoms with van der Waals surface area (Å²) in [6.07, 6.45) is 5.28. The van der Waals surface area contributed by atoms with Gasteiger partial charge in [-0.25, -0.2) is 9.18 Å². The molecule has 0 saturated carbocycles. The van der Waals surface area contributed by atoms with Crippen molar-refractivity contribution in [2.75, 3.05) is 11.1 Å². The second-order valence-electron chi connectivity index (χ2n) is 4.08. The molecule has 0 aliphatic carbocycles. The zero-order valence-corrected chi connectivity index (χ0v) is 9.54. The second kappa shape index (κ2) is 4.34. The van der Waals surface area contributed by atoms with E-state index < -0.39 is 23.0 Å². The van der Waals surface area contributed by atoms with Crippen molar-refractivity contribution in [3.63, 3.8) is 0 Å². The van der Waals surface area contributed by atoms with Crippen molar-refractivity contribution in [1.29, 1.82) is 0 Å². The Morgan fingerprint density at radius 1 is 1.59 bits per heavy atom. The molecule has 0 aromatic heterocycles. The number of carbonyl (C=O) groups is 1. The van der Waals surface area contributed by atoms with E-state index in [0.29, 0.717) is 0 Å². The van der Waals surface area contributed by atoms with Crippen LogP contribution in [0.2, 0.25) is 0 Å². The van der Waals surface area contributed by atoms with Crippen LogP contribution in [0.1, 0.15) is 24.2 Å². The Bertz CT molecular complexity index is 504. The van der Waals surface area contributed by atoms with Crippen LogP contribution in [0.25, 0.3) is 0 Å². The lowest BCUT2D eigenvalue weighted by atomic mass is 10.0. The van der Waals surface area contributed by atoms with Crippen LogP contribution >= 0.6 is 0 Å². The molecule has 0 heterocycles. The summed E-state index contributed by atoms with van der Waals surface area (Å²) in [7, 11) is 0. The predicted molar refractivity (Wildman–Crippen MR) is 64.3 cm³/mol. The maximum absolute atomic E-state index is 13.2. The van der Waals surface area contributed by atoms with Gasteiger partial charge in [0.25, 0.3) is 0 Å². The van der Waals surface area contributed by atoms with Gasteiger partial charge in [-0.3, -0.25) is 0 Å². The second-order valence-corrected chi connectivity index (χ2v) is 4.08. The molecule has 90 valence electrons. The molecule has 4 N–H and O–H groups in total. The first kappa shape index (κ1) is 12.8. The van der Waals surface area contributed by atoms with Crippen LogP contribution in [0, 0.1) is 18.2 Å². The molecule has 5 heteroatoms. The predicted octanol–water partition coefficient (Wildman–Crippen LogP) is 1.93. The monoisotopic (exact) mass is 236 g/mol. The minimum Gasteiger partial charge on any atom is -0.478 e. The highest BCUT2D eigenvalue weighted by Crippen LogP contribution is 2.27. The molecule has 0 atom stereocenters. The molecule has 0 bridgehead atoms. The average Bonchev–Trinajstić information content (AvgIpc) is 2.23. The number of carboxylic acids is 1. The summed E-state index contributed by atoms with van der Waals surface area (Å²) in [5.41, 5.74) is 4.12. The van der Waals surface area contributed by atoms with Crippen molar-refractivity contribution in [2.45, 2.75) is 19.4 Å². The summed E-state index contributed by atoms with van der Waals surface area (Å²) in [6, 6.07) is 2.39. The molecule has 1 aromatic rings. The van der Waals surface area contributed by atoms with E-state index in [4.69, 9.17) is 17.3 Å². The zero-order valence-electron chi connectivity index (χ0n) is 9.54. The molecule has 0 saturated heterocycles. The fraction of sp³-hybridized carbons (Fsp3) is 0.250. The number of aromatic carboxylic acids is 1. The first-order valence-electron chi connectivity index (χ1n) is 4.85. The van der Waals surface area contributed by atoms with Gasteiger partial charge in [-0.2, -0.15) is 0 Å². The van der Waals surface area contributed by atoms with Crippen molar-refractivity contribution in [1.82, 2.24) is 0 Å². The molecule has 1 aromatic carbocycles. The average molecular weight is 236 g/mol. The van der Waals surface area contributed by atoms with E-state index in [9.17, 15) is 9.18 Å².